The average Bonchev–Trinajstić information content (AvgIpc) is 2.06. The summed E-state index contributed by atoms with van der Waals surface area (Å²) < 4.78 is 1.62. The zero-order chi connectivity index (χ0) is 8.81. The first-order valence-corrected chi connectivity index (χ1v) is 5.23. The number of hydrogen-bond acceptors (Lipinski definition) is 0. The number of allylic oxidation sites excluding steroid dienone is 4. The Morgan fingerprint density at radius 2 is 1.21 bits per heavy atom. The summed E-state index contributed by atoms with van der Waals surface area (Å²) in [6.45, 7) is 11.4. The summed E-state index contributed by atoms with van der Waals surface area (Å²) in [5.74, 6) is 0. The van der Waals surface area contributed by atoms with Gasteiger partial charge in [-0.15, -0.1) is 0 Å². The summed E-state index contributed by atoms with van der Waals surface area (Å²) in [5, 5.41) is 0. The molecule has 0 spiro atoms. The summed E-state index contributed by atoms with van der Waals surface area (Å²) in [6, 6.07) is 0. The van der Waals surface area contributed by atoms with Gasteiger partial charge in [-0.2, -0.15) is 0 Å². The van der Waals surface area contributed by atoms with E-state index >= 15 is 0 Å². The van der Waals surface area contributed by atoms with Crippen LogP contribution in [0.25, 0.3) is 0 Å². The normalized spacial score (nSPS) is 18.5. The maximum absolute atomic E-state index is 2.33. The minimum absolute atomic E-state index is 0. The van der Waals surface area contributed by atoms with Crippen molar-refractivity contribution in [2.45, 2.75) is 34.6 Å². The maximum Gasteiger partial charge on any atom is -1.00 e. The van der Waals surface area contributed by atoms with E-state index in [2.05, 4.69) is 34.6 Å². The largest absolute Gasteiger partial charge is 1.00 e. The second-order valence-electron chi connectivity index (χ2n) is 3.88. The van der Waals surface area contributed by atoms with Gasteiger partial charge in [0.05, 0.1) is 0 Å². The van der Waals surface area contributed by atoms with Crippen molar-refractivity contribution in [2.24, 2.45) is 5.41 Å². The molecule has 0 fully saturated rings. The van der Waals surface area contributed by atoms with Gasteiger partial charge in [0.15, 0.2) is 0 Å². The Morgan fingerprint density at radius 1 is 0.857 bits per heavy atom. The molecule has 0 saturated carbocycles. The van der Waals surface area contributed by atoms with E-state index in [1.807, 2.05) is 0 Å². The molecule has 14 heavy (non-hydrogen) atoms. The second kappa shape index (κ2) is 6.74. The van der Waals surface area contributed by atoms with Crippen LogP contribution >= 0.6 is 0 Å². The molecule has 0 heterocycles. The predicted molar refractivity (Wildman–Crippen MR) is 44.9 cm³/mol. The predicted octanol–water partition coefficient (Wildman–Crippen LogP) is -5.80. The smallest absolute Gasteiger partial charge is 1.00 e. The molecule has 0 atom stereocenters. The van der Waals surface area contributed by atoms with Crippen LogP contribution in [-0.2, 0) is 24.7 Å². The molecule has 0 amide bonds. The topological polar surface area (TPSA) is 0 Å². The van der Waals surface area contributed by atoms with Crippen LogP contribution in [0.4, 0.5) is 0 Å². The Balaban J connectivity index is -0.000000403. The molecule has 0 N–H and O–H groups in total. The van der Waals surface area contributed by atoms with Gasteiger partial charge in [0.1, 0.15) is 0 Å². The third-order valence-corrected chi connectivity index (χ3v) is 5.52. The van der Waals surface area contributed by atoms with Crippen LogP contribution in [0.1, 0.15) is 34.6 Å². The molecule has 4 heteroatoms. The van der Waals surface area contributed by atoms with Crippen molar-refractivity contribution >= 4 is 0 Å². The van der Waals surface area contributed by atoms with Gasteiger partial charge in [-0.05, 0) is 0 Å². The second-order valence-corrected chi connectivity index (χ2v) is 5.10. The van der Waals surface area contributed by atoms with Gasteiger partial charge in [0, 0.05) is 0 Å². The van der Waals surface area contributed by atoms with Gasteiger partial charge >= 0.3 is 84.8 Å². The summed E-state index contributed by atoms with van der Waals surface area (Å²) in [6.07, 6.45) is 0. The van der Waals surface area contributed by atoms with Crippen molar-refractivity contribution in [3.63, 3.8) is 0 Å². The fraction of sp³-hybridized carbons (Fsp3) is 0.600. The van der Waals surface area contributed by atoms with Gasteiger partial charge in [-0.1, -0.05) is 0 Å². The Hall–Kier alpha value is 1.23. The number of rotatable bonds is 0. The minimum Gasteiger partial charge on any atom is -1.00 e. The molecular weight excluding hydrogens is 318 g/mol. The van der Waals surface area contributed by atoms with Crippen LogP contribution < -0.4 is 37.2 Å². The van der Waals surface area contributed by atoms with E-state index in [0.717, 1.165) is 0 Å². The van der Waals surface area contributed by atoms with Crippen LogP contribution in [0.15, 0.2) is 20.0 Å². The van der Waals surface area contributed by atoms with Crippen molar-refractivity contribution in [2.75, 3.05) is 0 Å². The molecule has 1 rings (SSSR count). The maximum atomic E-state index is 2.33. The van der Waals surface area contributed by atoms with Crippen LogP contribution in [0.2, 0.25) is 0 Å². The van der Waals surface area contributed by atoms with E-state index in [0.29, 0.717) is 5.41 Å². The van der Waals surface area contributed by atoms with E-state index in [1.165, 1.54) is 11.1 Å². The van der Waals surface area contributed by atoms with Crippen molar-refractivity contribution < 1.29 is 61.9 Å². The molecule has 1 aliphatic rings. The summed E-state index contributed by atoms with van der Waals surface area (Å²) in [5.41, 5.74) is 4.96. The molecule has 0 saturated heterocycles. The van der Waals surface area contributed by atoms with E-state index in [-0.39, 0.29) is 37.2 Å². The molecule has 1 aliphatic carbocycles. The quantitative estimate of drug-likeness (QED) is 0.415. The SMILES string of the molecule is CC1=C(C)C(C)(C)[C]([Zr+3])=C1C.[Cl-].[Cl-].[Cl-]. The van der Waals surface area contributed by atoms with Crippen LogP contribution in [-0.4, -0.2) is 0 Å². The fourth-order valence-corrected chi connectivity index (χ4v) is 2.52. The molecule has 80 valence electrons. The zero-order valence-corrected chi connectivity index (χ0v) is 13.9. The molecule has 0 aromatic rings. The molecule has 0 aliphatic heterocycles. The molecule has 0 bridgehead atoms. The summed E-state index contributed by atoms with van der Waals surface area (Å²) >= 11 is 1.57. The Labute approximate surface area is 121 Å². The van der Waals surface area contributed by atoms with Crippen LogP contribution in [0.3, 0.4) is 0 Å². The van der Waals surface area contributed by atoms with Crippen molar-refractivity contribution in [1.82, 2.24) is 0 Å². The molecule has 0 aromatic carbocycles. The van der Waals surface area contributed by atoms with Crippen LogP contribution in [0, 0.1) is 5.41 Å². The monoisotopic (exact) mass is 330 g/mol. The van der Waals surface area contributed by atoms with Gasteiger partial charge < -0.3 is 37.2 Å². The van der Waals surface area contributed by atoms with Gasteiger partial charge in [0.25, 0.3) is 0 Å². The Morgan fingerprint density at radius 3 is 1.29 bits per heavy atom. The van der Waals surface area contributed by atoms with Gasteiger partial charge in [-0.3, -0.25) is 0 Å². The third kappa shape index (κ3) is 3.11. The number of hydrogen-bond donors (Lipinski definition) is 0. The van der Waals surface area contributed by atoms with Crippen LogP contribution in [0.5, 0.6) is 0 Å². The first-order valence-electron chi connectivity index (χ1n) is 4.00. The minimum atomic E-state index is 0. The van der Waals surface area contributed by atoms with Gasteiger partial charge in [-0.25, -0.2) is 0 Å². The standard InChI is InChI=1S/C10H15.3ClH.Zr/c1-7-6-10(4,5)9(3)8(7)2;;;;/h1-5H3;3*1H;/q;;;;+3/p-3. The number of halogens is 3. The first kappa shape index (κ1) is 20.6. The van der Waals surface area contributed by atoms with E-state index in [9.17, 15) is 0 Å². The zero-order valence-electron chi connectivity index (χ0n) is 9.13. The van der Waals surface area contributed by atoms with E-state index < -0.39 is 0 Å². The first-order chi connectivity index (χ1) is 4.89. The molecule has 0 aromatic heterocycles. The molecule has 0 nitrogen and oxygen atoms in total. The van der Waals surface area contributed by atoms with E-state index in [4.69, 9.17) is 0 Å². The van der Waals surface area contributed by atoms with E-state index in [1.54, 1.807) is 33.6 Å². The summed E-state index contributed by atoms with van der Waals surface area (Å²) in [4.78, 5) is 0. The molecule has 0 radical (unpaired) electrons. The third-order valence-electron chi connectivity index (χ3n) is 3.06. The van der Waals surface area contributed by atoms with Crippen molar-refractivity contribution in [3.8, 4) is 0 Å². The van der Waals surface area contributed by atoms with Gasteiger partial charge in [0.2, 0.25) is 0 Å². The Kier molecular flexibility index (Phi) is 9.92. The summed E-state index contributed by atoms with van der Waals surface area (Å²) in [7, 11) is 0. The molecular formula is C10H15Cl3Zr. The fourth-order valence-electron chi connectivity index (χ4n) is 1.59. The van der Waals surface area contributed by atoms with Crippen molar-refractivity contribution in [3.05, 3.63) is 20.0 Å². The average molecular weight is 333 g/mol. The molecule has 0 unspecified atom stereocenters. The van der Waals surface area contributed by atoms with Crippen molar-refractivity contribution in [1.29, 1.82) is 0 Å². The Bertz CT molecular complexity index is 239.